The summed E-state index contributed by atoms with van der Waals surface area (Å²) in [6.07, 6.45) is -2.65. The Bertz CT molecular complexity index is 787. The van der Waals surface area contributed by atoms with Crippen LogP contribution >= 0.6 is 0 Å². The maximum Gasteiger partial charge on any atom is 0.416 e. The molecule has 0 saturated carbocycles. The van der Waals surface area contributed by atoms with Crippen LogP contribution in [0.25, 0.3) is 22.5 Å². The molecular formula is C17H14F3N3. The number of alkyl halides is 3. The van der Waals surface area contributed by atoms with Crippen LogP contribution in [0.5, 0.6) is 0 Å². The van der Waals surface area contributed by atoms with Crippen molar-refractivity contribution in [2.45, 2.75) is 19.6 Å². The van der Waals surface area contributed by atoms with Crippen LogP contribution in [0.4, 0.5) is 13.2 Å². The van der Waals surface area contributed by atoms with E-state index in [4.69, 9.17) is 0 Å². The minimum absolute atomic E-state index is 0.645. The zero-order chi connectivity index (χ0) is 16.4. The van der Waals surface area contributed by atoms with Crippen LogP contribution in [0.3, 0.4) is 0 Å². The highest BCUT2D eigenvalue weighted by Crippen LogP contribution is 2.31. The van der Waals surface area contributed by atoms with E-state index >= 15 is 0 Å². The van der Waals surface area contributed by atoms with Crippen LogP contribution in [0.15, 0.2) is 54.9 Å². The number of rotatable bonds is 3. The lowest BCUT2D eigenvalue weighted by Gasteiger charge is -2.08. The maximum atomic E-state index is 12.6. The van der Waals surface area contributed by atoms with Crippen molar-refractivity contribution in [3.63, 3.8) is 0 Å². The summed E-state index contributed by atoms with van der Waals surface area (Å²) in [7, 11) is 0. The van der Waals surface area contributed by atoms with Crippen LogP contribution in [0.2, 0.25) is 0 Å². The van der Waals surface area contributed by atoms with Gasteiger partial charge < -0.3 is 4.57 Å². The topological polar surface area (TPSA) is 30.7 Å². The number of benzene rings is 2. The molecule has 0 bridgehead atoms. The van der Waals surface area contributed by atoms with Gasteiger partial charge in [0.2, 0.25) is 0 Å². The number of hydrogen-bond acceptors (Lipinski definition) is 2. The Morgan fingerprint density at radius 3 is 1.91 bits per heavy atom. The SMILES string of the molecule is CCn1cnnc1-c1ccc(-c2ccc(C(F)(F)F)cc2)cc1. The van der Waals surface area contributed by atoms with Gasteiger partial charge in [-0.25, -0.2) is 0 Å². The fraction of sp³-hybridized carbons (Fsp3) is 0.176. The first-order valence-corrected chi connectivity index (χ1v) is 7.15. The van der Waals surface area contributed by atoms with Crippen molar-refractivity contribution in [2.75, 3.05) is 0 Å². The van der Waals surface area contributed by atoms with Crippen molar-refractivity contribution in [3.8, 4) is 22.5 Å². The van der Waals surface area contributed by atoms with Crippen LogP contribution in [0.1, 0.15) is 12.5 Å². The standard InChI is InChI=1S/C17H14F3N3/c1-2-23-11-21-22-16(23)14-5-3-12(4-6-14)13-7-9-15(10-8-13)17(18,19)20/h3-11H,2H2,1H3. The molecule has 0 aliphatic carbocycles. The van der Waals surface area contributed by atoms with Crippen molar-refractivity contribution >= 4 is 0 Å². The molecule has 0 atom stereocenters. The summed E-state index contributed by atoms with van der Waals surface area (Å²) in [5.41, 5.74) is 1.86. The number of aromatic nitrogens is 3. The molecule has 118 valence electrons. The molecule has 0 N–H and O–H groups in total. The third kappa shape index (κ3) is 3.11. The van der Waals surface area contributed by atoms with Gasteiger partial charge in [-0.1, -0.05) is 36.4 Å². The predicted octanol–water partition coefficient (Wildman–Crippen LogP) is 4.65. The smallest absolute Gasteiger partial charge is 0.314 e. The van der Waals surface area contributed by atoms with Gasteiger partial charge in [0, 0.05) is 12.1 Å². The van der Waals surface area contributed by atoms with E-state index in [0.717, 1.165) is 41.2 Å². The molecule has 0 aliphatic heterocycles. The Morgan fingerprint density at radius 2 is 1.39 bits per heavy atom. The van der Waals surface area contributed by atoms with Crippen molar-refractivity contribution < 1.29 is 13.2 Å². The first-order valence-electron chi connectivity index (χ1n) is 7.15. The van der Waals surface area contributed by atoms with E-state index in [-0.39, 0.29) is 0 Å². The third-order valence-electron chi connectivity index (χ3n) is 3.64. The normalized spacial score (nSPS) is 11.7. The van der Waals surface area contributed by atoms with Gasteiger partial charge in [-0.3, -0.25) is 0 Å². The first-order chi connectivity index (χ1) is 11.0. The summed E-state index contributed by atoms with van der Waals surface area (Å²) < 4.78 is 39.7. The lowest BCUT2D eigenvalue weighted by molar-refractivity contribution is -0.137. The fourth-order valence-corrected chi connectivity index (χ4v) is 2.37. The Kier molecular flexibility index (Phi) is 3.90. The molecule has 0 unspecified atom stereocenters. The van der Waals surface area contributed by atoms with Crippen molar-refractivity contribution in [1.82, 2.24) is 14.8 Å². The second kappa shape index (κ2) is 5.87. The highest BCUT2D eigenvalue weighted by molar-refractivity contribution is 5.68. The van der Waals surface area contributed by atoms with E-state index in [1.54, 1.807) is 6.33 Å². The molecule has 0 spiro atoms. The van der Waals surface area contributed by atoms with Gasteiger partial charge in [0.15, 0.2) is 5.82 Å². The number of aryl methyl sites for hydroxylation is 1. The molecule has 2 aromatic carbocycles. The Morgan fingerprint density at radius 1 is 0.870 bits per heavy atom. The van der Waals surface area contributed by atoms with Crippen LogP contribution < -0.4 is 0 Å². The van der Waals surface area contributed by atoms with Crippen molar-refractivity contribution in [1.29, 1.82) is 0 Å². The Balaban J connectivity index is 1.88. The zero-order valence-electron chi connectivity index (χ0n) is 12.4. The second-order valence-corrected chi connectivity index (χ2v) is 5.09. The lowest BCUT2D eigenvalue weighted by atomic mass is 10.0. The predicted molar refractivity (Wildman–Crippen MR) is 81.6 cm³/mol. The Labute approximate surface area is 131 Å². The number of nitrogens with zero attached hydrogens (tertiary/aromatic N) is 3. The van der Waals surface area contributed by atoms with Gasteiger partial charge in [-0.2, -0.15) is 13.2 Å². The molecule has 0 amide bonds. The number of halogens is 3. The molecular weight excluding hydrogens is 303 g/mol. The summed E-state index contributed by atoms with van der Waals surface area (Å²) in [4.78, 5) is 0. The second-order valence-electron chi connectivity index (χ2n) is 5.09. The van der Waals surface area contributed by atoms with Crippen LogP contribution in [-0.2, 0) is 12.7 Å². The van der Waals surface area contributed by atoms with E-state index in [9.17, 15) is 13.2 Å². The first kappa shape index (κ1) is 15.3. The summed E-state index contributed by atoms with van der Waals surface area (Å²) in [6, 6.07) is 12.7. The highest BCUT2D eigenvalue weighted by atomic mass is 19.4. The molecule has 23 heavy (non-hydrogen) atoms. The van der Waals surface area contributed by atoms with Gasteiger partial charge in [0.1, 0.15) is 6.33 Å². The van der Waals surface area contributed by atoms with E-state index in [0.29, 0.717) is 0 Å². The molecule has 6 heteroatoms. The minimum Gasteiger partial charge on any atom is -0.314 e. The van der Waals surface area contributed by atoms with E-state index in [2.05, 4.69) is 10.2 Å². The average Bonchev–Trinajstić information content (AvgIpc) is 3.03. The molecule has 1 heterocycles. The van der Waals surface area contributed by atoms with Gasteiger partial charge in [-0.15, -0.1) is 10.2 Å². The van der Waals surface area contributed by atoms with Gasteiger partial charge >= 0.3 is 6.18 Å². The maximum absolute atomic E-state index is 12.6. The largest absolute Gasteiger partial charge is 0.416 e. The quantitative estimate of drug-likeness (QED) is 0.704. The summed E-state index contributed by atoms with van der Waals surface area (Å²) in [5, 5.41) is 7.98. The molecule has 1 aromatic heterocycles. The molecule has 3 aromatic rings. The number of hydrogen-bond donors (Lipinski definition) is 0. The zero-order valence-corrected chi connectivity index (χ0v) is 12.4. The van der Waals surface area contributed by atoms with Crippen LogP contribution in [-0.4, -0.2) is 14.8 Å². The highest BCUT2D eigenvalue weighted by Gasteiger charge is 2.29. The molecule has 3 nitrogen and oxygen atoms in total. The van der Waals surface area contributed by atoms with Crippen LogP contribution in [0, 0.1) is 0 Å². The van der Waals surface area contributed by atoms with Crippen molar-refractivity contribution in [3.05, 3.63) is 60.4 Å². The monoisotopic (exact) mass is 317 g/mol. The minimum atomic E-state index is -4.31. The van der Waals surface area contributed by atoms with Gasteiger partial charge in [0.05, 0.1) is 5.56 Å². The summed E-state index contributed by atoms with van der Waals surface area (Å²) in [6.45, 7) is 2.77. The average molecular weight is 317 g/mol. The van der Waals surface area contributed by atoms with E-state index < -0.39 is 11.7 Å². The lowest BCUT2D eigenvalue weighted by Crippen LogP contribution is -2.03. The molecule has 0 saturated heterocycles. The van der Waals surface area contributed by atoms with Gasteiger partial charge in [0.25, 0.3) is 0 Å². The summed E-state index contributed by atoms with van der Waals surface area (Å²) >= 11 is 0. The molecule has 0 radical (unpaired) electrons. The fourth-order valence-electron chi connectivity index (χ4n) is 2.37. The van der Waals surface area contributed by atoms with Crippen molar-refractivity contribution in [2.24, 2.45) is 0 Å². The van der Waals surface area contributed by atoms with E-state index in [1.165, 1.54) is 12.1 Å². The summed E-state index contributed by atoms with van der Waals surface area (Å²) in [5.74, 6) is 0.770. The Hall–Kier alpha value is -2.63. The molecule has 0 fully saturated rings. The third-order valence-corrected chi connectivity index (χ3v) is 3.64. The van der Waals surface area contributed by atoms with Gasteiger partial charge in [-0.05, 0) is 30.2 Å². The molecule has 0 aliphatic rings. The van der Waals surface area contributed by atoms with E-state index in [1.807, 2.05) is 35.8 Å². The molecule has 3 rings (SSSR count).